The van der Waals surface area contributed by atoms with Crippen LogP contribution in [0.4, 0.5) is 4.39 Å². The number of halogens is 2. The molecule has 0 spiro atoms. The Labute approximate surface area is 135 Å². The van der Waals surface area contributed by atoms with Crippen molar-refractivity contribution in [1.82, 2.24) is 5.32 Å². The minimum Gasteiger partial charge on any atom is -0.309 e. The highest BCUT2D eigenvalue weighted by molar-refractivity contribution is 9.10. The molecule has 0 aliphatic carbocycles. The third-order valence-corrected chi connectivity index (χ3v) is 5.62. The summed E-state index contributed by atoms with van der Waals surface area (Å²) in [5, 5.41) is 6.51. The molecule has 4 heteroatoms. The normalized spacial score (nSPS) is 12.8. The summed E-state index contributed by atoms with van der Waals surface area (Å²) in [6.45, 7) is 1.90. The monoisotopic (exact) mass is 363 g/mol. The van der Waals surface area contributed by atoms with Crippen LogP contribution in [0.2, 0.25) is 0 Å². The number of fused-ring (bicyclic) bond motifs is 1. The van der Waals surface area contributed by atoms with Crippen molar-refractivity contribution in [2.24, 2.45) is 0 Å². The van der Waals surface area contributed by atoms with E-state index in [-0.39, 0.29) is 11.9 Å². The summed E-state index contributed by atoms with van der Waals surface area (Å²) in [4.78, 5) is 0. The van der Waals surface area contributed by atoms with Crippen molar-refractivity contribution in [3.8, 4) is 0 Å². The van der Waals surface area contributed by atoms with Crippen LogP contribution in [0.3, 0.4) is 0 Å². The van der Waals surface area contributed by atoms with Crippen molar-refractivity contribution in [2.75, 3.05) is 7.05 Å². The van der Waals surface area contributed by atoms with Gasteiger partial charge >= 0.3 is 0 Å². The van der Waals surface area contributed by atoms with Gasteiger partial charge in [-0.25, -0.2) is 4.39 Å². The number of nitrogens with one attached hydrogen (secondary N) is 1. The molecule has 0 fully saturated rings. The Bertz CT molecular complexity index is 797. The molecule has 1 heterocycles. The second-order valence-electron chi connectivity index (χ2n) is 5.05. The van der Waals surface area contributed by atoms with E-state index in [4.69, 9.17) is 0 Å². The molecule has 1 unspecified atom stereocenters. The molecule has 0 saturated heterocycles. The van der Waals surface area contributed by atoms with E-state index in [1.165, 1.54) is 4.70 Å². The molecule has 1 nitrogen and oxygen atoms in total. The predicted octanol–water partition coefficient (Wildman–Crippen LogP) is 5.42. The maximum Gasteiger partial charge on any atom is 0.128 e. The van der Waals surface area contributed by atoms with Gasteiger partial charge in [-0.3, -0.25) is 0 Å². The summed E-state index contributed by atoms with van der Waals surface area (Å²) in [5.41, 5.74) is 2.73. The summed E-state index contributed by atoms with van der Waals surface area (Å²) >= 11 is 5.26. The van der Waals surface area contributed by atoms with Crippen LogP contribution in [0.5, 0.6) is 0 Å². The molecule has 1 N–H and O–H groups in total. The fraction of sp³-hybridized carbons (Fsp3) is 0.176. The van der Waals surface area contributed by atoms with Gasteiger partial charge in [-0.2, -0.15) is 0 Å². The summed E-state index contributed by atoms with van der Waals surface area (Å²) in [6, 6.07) is 11.4. The first-order chi connectivity index (χ1) is 10.1. The van der Waals surface area contributed by atoms with E-state index in [9.17, 15) is 4.39 Å². The van der Waals surface area contributed by atoms with Gasteiger partial charge in [0.15, 0.2) is 0 Å². The molecule has 0 aliphatic rings. The maximum absolute atomic E-state index is 14.3. The van der Waals surface area contributed by atoms with E-state index in [0.717, 1.165) is 21.0 Å². The summed E-state index contributed by atoms with van der Waals surface area (Å²) in [5.74, 6) is -0.163. The van der Waals surface area contributed by atoms with Crippen LogP contribution in [0.25, 0.3) is 10.1 Å². The van der Waals surface area contributed by atoms with Crippen molar-refractivity contribution in [3.63, 3.8) is 0 Å². The molecule has 0 amide bonds. The van der Waals surface area contributed by atoms with Crippen molar-refractivity contribution in [3.05, 3.63) is 68.8 Å². The number of hydrogen-bond acceptors (Lipinski definition) is 2. The van der Waals surface area contributed by atoms with Crippen molar-refractivity contribution in [1.29, 1.82) is 0 Å². The summed E-state index contributed by atoms with van der Waals surface area (Å²) in [6.07, 6.45) is 0. The molecule has 0 bridgehead atoms. The summed E-state index contributed by atoms with van der Waals surface area (Å²) in [7, 11) is 1.87. The van der Waals surface area contributed by atoms with Gasteiger partial charge in [-0.15, -0.1) is 11.3 Å². The molecule has 3 aromatic rings. The standard InChI is InChI=1S/C17H15BrFNS/c1-10-6-7-12(15(19)8-10)16(20-2)13-9-21-17-11(13)4-3-5-14(17)18/h3-9,16,20H,1-2H3. The van der Waals surface area contributed by atoms with E-state index in [1.807, 2.05) is 38.2 Å². The first kappa shape index (κ1) is 14.7. The van der Waals surface area contributed by atoms with Crippen LogP contribution >= 0.6 is 27.3 Å². The van der Waals surface area contributed by atoms with E-state index >= 15 is 0 Å². The minimum atomic E-state index is -0.163. The van der Waals surface area contributed by atoms with E-state index < -0.39 is 0 Å². The smallest absolute Gasteiger partial charge is 0.128 e. The van der Waals surface area contributed by atoms with Gasteiger partial charge < -0.3 is 5.32 Å². The van der Waals surface area contributed by atoms with Crippen molar-refractivity contribution in [2.45, 2.75) is 13.0 Å². The first-order valence-electron chi connectivity index (χ1n) is 6.70. The fourth-order valence-electron chi connectivity index (χ4n) is 2.61. The number of hydrogen-bond donors (Lipinski definition) is 1. The predicted molar refractivity (Wildman–Crippen MR) is 91.6 cm³/mol. The zero-order valence-corrected chi connectivity index (χ0v) is 14.2. The number of benzene rings is 2. The Kier molecular flexibility index (Phi) is 4.11. The topological polar surface area (TPSA) is 12.0 Å². The van der Waals surface area contributed by atoms with Gasteiger partial charge in [0.2, 0.25) is 0 Å². The van der Waals surface area contributed by atoms with Gasteiger partial charge in [0.1, 0.15) is 5.82 Å². The molecule has 2 aromatic carbocycles. The third-order valence-electron chi connectivity index (χ3n) is 3.65. The average molecular weight is 364 g/mol. The molecule has 0 aliphatic heterocycles. The molecule has 3 rings (SSSR count). The average Bonchev–Trinajstić information content (AvgIpc) is 2.87. The second kappa shape index (κ2) is 5.87. The SMILES string of the molecule is CNC(c1ccc(C)cc1F)c1csc2c(Br)cccc12. The quantitative estimate of drug-likeness (QED) is 0.654. The summed E-state index contributed by atoms with van der Waals surface area (Å²) < 4.78 is 16.6. The molecular weight excluding hydrogens is 349 g/mol. The molecular formula is C17H15BrFNS. The van der Waals surface area contributed by atoms with Crippen LogP contribution in [-0.2, 0) is 0 Å². The van der Waals surface area contributed by atoms with Crippen LogP contribution in [0.15, 0.2) is 46.3 Å². The van der Waals surface area contributed by atoms with Gasteiger partial charge in [-0.05, 0) is 63.9 Å². The highest BCUT2D eigenvalue weighted by atomic mass is 79.9. The maximum atomic E-state index is 14.3. The number of rotatable bonds is 3. The highest BCUT2D eigenvalue weighted by Crippen LogP contribution is 2.37. The fourth-order valence-corrected chi connectivity index (χ4v) is 4.26. The molecule has 0 radical (unpaired) electrons. The Morgan fingerprint density at radius 3 is 2.71 bits per heavy atom. The van der Waals surface area contributed by atoms with Gasteiger partial charge in [-0.1, -0.05) is 24.3 Å². The van der Waals surface area contributed by atoms with Crippen LogP contribution in [0, 0.1) is 12.7 Å². The van der Waals surface area contributed by atoms with Crippen LogP contribution in [0.1, 0.15) is 22.7 Å². The van der Waals surface area contributed by atoms with Gasteiger partial charge in [0.25, 0.3) is 0 Å². The zero-order valence-electron chi connectivity index (χ0n) is 11.8. The Hall–Kier alpha value is -1.23. The lowest BCUT2D eigenvalue weighted by Gasteiger charge is -2.17. The lowest BCUT2D eigenvalue weighted by atomic mass is 9.97. The van der Waals surface area contributed by atoms with E-state index in [1.54, 1.807) is 17.4 Å². The first-order valence-corrected chi connectivity index (χ1v) is 8.38. The number of thiophene rings is 1. The largest absolute Gasteiger partial charge is 0.309 e. The third kappa shape index (κ3) is 2.63. The van der Waals surface area contributed by atoms with Crippen LogP contribution in [-0.4, -0.2) is 7.05 Å². The zero-order chi connectivity index (χ0) is 15.0. The van der Waals surface area contributed by atoms with Crippen LogP contribution < -0.4 is 5.32 Å². The van der Waals surface area contributed by atoms with Gasteiger partial charge in [0, 0.05) is 14.7 Å². The molecule has 108 valence electrons. The number of aryl methyl sites for hydroxylation is 1. The molecule has 0 saturated carbocycles. The van der Waals surface area contributed by atoms with Crippen molar-refractivity contribution >= 4 is 37.4 Å². The highest BCUT2D eigenvalue weighted by Gasteiger charge is 2.20. The lowest BCUT2D eigenvalue weighted by Crippen LogP contribution is -2.18. The van der Waals surface area contributed by atoms with Gasteiger partial charge in [0.05, 0.1) is 6.04 Å². The Morgan fingerprint density at radius 1 is 1.19 bits per heavy atom. The molecule has 21 heavy (non-hydrogen) atoms. The minimum absolute atomic E-state index is 0.145. The Morgan fingerprint density at radius 2 is 2.00 bits per heavy atom. The molecule has 1 aromatic heterocycles. The van der Waals surface area contributed by atoms with E-state index in [2.05, 4.69) is 32.7 Å². The van der Waals surface area contributed by atoms with Crippen molar-refractivity contribution < 1.29 is 4.39 Å². The second-order valence-corrected chi connectivity index (χ2v) is 6.79. The Balaban J connectivity index is 2.16. The van der Waals surface area contributed by atoms with E-state index in [0.29, 0.717) is 5.56 Å². The lowest BCUT2D eigenvalue weighted by molar-refractivity contribution is 0.577. The molecule has 1 atom stereocenters.